The minimum absolute atomic E-state index is 0.127. The minimum Gasteiger partial charge on any atom is -0.507 e. The first kappa shape index (κ1) is 19.8. The van der Waals surface area contributed by atoms with Gasteiger partial charge in [0.05, 0.1) is 11.6 Å². The number of carbonyl (C=O) groups is 2. The molecule has 146 valence electrons. The van der Waals surface area contributed by atoms with Crippen molar-refractivity contribution in [3.05, 3.63) is 71.6 Å². The number of likely N-dealkylation sites (tertiary alicyclic amines) is 1. The summed E-state index contributed by atoms with van der Waals surface area (Å²) in [5.74, 6) is -1.37. The molecule has 0 bridgehead atoms. The summed E-state index contributed by atoms with van der Waals surface area (Å²) in [6.07, 6.45) is 3.25. The van der Waals surface area contributed by atoms with E-state index in [-0.39, 0.29) is 11.3 Å². The molecular weight excluding hydrogens is 354 g/mol. The molecule has 1 aromatic carbocycles. The number of nitrogens with zero attached hydrogens (tertiary/aromatic N) is 3. The summed E-state index contributed by atoms with van der Waals surface area (Å²) in [6, 6.07) is 11.8. The first-order valence-corrected chi connectivity index (χ1v) is 9.54. The van der Waals surface area contributed by atoms with Gasteiger partial charge in [-0.25, -0.2) is 0 Å². The van der Waals surface area contributed by atoms with Crippen molar-refractivity contribution < 1.29 is 14.7 Å². The van der Waals surface area contributed by atoms with Gasteiger partial charge in [-0.05, 0) is 30.8 Å². The normalized spacial score (nSPS) is 18.8. The second kappa shape index (κ2) is 8.80. The van der Waals surface area contributed by atoms with Crippen LogP contribution in [-0.4, -0.2) is 57.8 Å². The molecule has 0 spiro atoms. The van der Waals surface area contributed by atoms with Crippen molar-refractivity contribution in [3.63, 3.8) is 0 Å². The maximum atomic E-state index is 12.9. The van der Waals surface area contributed by atoms with Gasteiger partial charge in [-0.2, -0.15) is 0 Å². The van der Waals surface area contributed by atoms with E-state index in [0.717, 1.165) is 18.7 Å². The van der Waals surface area contributed by atoms with Crippen molar-refractivity contribution in [3.8, 4) is 0 Å². The Morgan fingerprint density at radius 3 is 2.32 bits per heavy atom. The van der Waals surface area contributed by atoms with Crippen molar-refractivity contribution in [1.29, 1.82) is 0 Å². The molecule has 1 amide bonds. The molecule has 3 rings (SSSR count). The van der Waals surface area contributed by atoms with E-state index in [1.807, 2.05) is 6.07 Å². The number of aliphatic hydroxyl groups excluding tert-OH is 1. The molecule has 1 aliphatic heterocycles. The Bertz CT molecular complexity index is 861. The zero-order valence-electron chi connectivity index (χ0n) is 16.2. The van der Waals surface area contributed by atoms with Crippen LogP contribution in [0.25, 0.3) is 5.76 Å². The monoisotopic (exact) mass is 379 g/mol. The van der Waals surface area contributed by atoms with Crippen LogP contribution in [-0.2, 0) is 9.59 Å². The van der Waals surface area contributed by atoms with E-state index < -0.39 is 17.7 Å². The molecule has 0 aliphatic carbocycles. The Morgan fingerprint density at radius 1 is 1.07 bits per heavy atom. The summed E-state index contributed by atoms with van der Waals surface area (Å²) in [4.78, 5) is 33.5. The number of pyridine rings is 1. The van der Waals surface area contributed by atoms with Crippen LogP contribution < -0.4 is 0 Å². The molecular formula is C22H25N3O3. The lowest BCUT2D eigenvalue weighted by Gasteiger charge is -2.28. The summed E-state index contributed by atoms with van der Waals surface area (Å²) in [6.45, 7) is 6.92. The standard InChI is InChI=1S/C22H25N3O3/c1-3-24(4-2)14-15-25-19(16-10-12-23-13-11-16)18(21(27)22(25)28)20(26)17-8-6-5-7-9-17/h5-13,19,26H,3-4,14-15H2,1-2H3/b20-18-. The summed E-state index contributed by atoms with van der Waals surface area (Å²) >= 11 is 0. The number of benzene rings is 1. The Kier molecular flexibility index (Phi) is 6.21. The summed E-state index contributed by atoms with van der Waals surface area (Å²) in [7, 11) is 0. The average Bonchev–Trinajstić information content (AvgIpc) is 3.00. The van der Waals surface area contributed by atoms with E-state index in [2.05, 4.69) is 23.7 Å². The van der Waals surface area contributed by atoms with Crippen molar-refractivity contribution in [1.82, 2.24) is 14.8 Å². The highest BCUT2D eigenvalue weighted by Gasteiger charge is 2.45. The number of rotatable bonds is 7. The van der Waals surface area contributed by atoms with Gasteiger partial charge in [0.1, 0.15) is 5.76 Å². The van der Waals surface area contributed by atoms with Crippen molar-refractivity contribution in [2.75, 3.05) is 26.2 Å². The number of likely N-dealkylation sites (N-methyl/N-ethyl adjacent to an activating group) is 1. The summed E-state index contributed by atoms with van der Waals surface area (Å²) in [5.41, 5.74) is 1.40. The van der Waals surface area contributed by atoms with Gasteiger partial charge < -0.3 is 14.9 Å². The maximum absolute atomic E-state index is 12.9. The van der Waals surface area contributed by atoms with Gasteiger partial charge in [0.2, 0.25) is 0 Å². The molecule has 1 N–H and O–H groups in total. The molecule has 1 unspecified atom stereocenters. The molecule has 1 aromatic heterocycles. The van der Waals surface area contributed by atoms with Crippen LogP contribution in [0.5, 0.6) is 0 Å². The Labute approximate surface area is 165 Å². The van der Waals surface area contributed by atoms with Gasteiger partial charge in [0.15, 0.2) is 0 Å². The molecule has 1 saturated heterocycles. The third kappa shape index (κ3) is 3.82. The van der Waals surface area contributed by atoms with Gasteiger partial charge in [-0.3, -0.25) is 14.6 Å². The van der Waals surface area contributed by atoms with Gasteiger partial charge in [0, 0.05) is 31.0 Å². The molecule has 6 heteroatoms. The van der Waals surface area contributed by atoms with Crippen LogP contribution in [0.2, 0.25) is 0 Å². The molecule has 28 heavy (non-hydrogen) atoms. The smallest absolute Gasteiger partial charge is 0.295 e. The fraction of sp³-hybridized carbons (Fsp3) is 0.318. The van der Waals surface area contributed by atoms with Crippen LogP contribution in [0.4, 0.5) is 0 Å². The first-order valence-electron chi connectivity index (χ1n) is 9.54. The lowest BCUT2D eigenvalue weighted by molar-refractivity contribution is -0.140. The molecule has 1 aliphatic rings. The maximum Gasteiger partial charge on any atom is 0.295 e. The largest absolute Gasteiger partial charge is 0.507 e. The van der Waals surface area contributed by atoms with Gasteiger partial charge in [-0.1, -0.05) is 44.2 Å². The molecule has 1 fully saturated rings. The molecule has 1 atom stereocenters. The van der Waals surface area contributed by atoms with Crippen LogP contribution in [0.15, 0.2) is 60.4 Å². The second-order valence-corrected chi connectivity index (χ2v) is 6.67. The van der Waals surface area contributed by atoms with Crippen LogP contribution in [0.1, 0.15) is 31.0 Å². The van der Waals surface area contributed by atoms with E-state index >= 15 is 0 Å². The van der Waals surface area contributed by atoms with E-state index in [9.17, 15) is 14.7 Å². The highest BCUT2D eigenvalue weighted by molar-refractivity contribution is 6.46. The van der Waals surface area contributed by atoms with Gasteiger partial charge in [0.25, 0.3) is 11.7 Å². The Morgan fingerprint density at radius 2 is 1.71 bits per heavy atom. The zero-order valence-corrected chi connectivity index (χ0v) is 16.2. The third-order valence-electron chi connectivity index (χ3n) is 5.16. The van der Waals surface area contributed by atoms with Crippen LogP contribution in [0, 0.1) is 0 Å². The van der Waals surface area contributed by atoms with Crippen molar-refractivity contribution in [2.24, 2.45) is 0 Å². The predicted molar refractivity (Wildman–Crippen MR) is 107 cm³/mol. The Balaban J connectivity index is 2.06. The Hall–Kier alpha value is -2.99. The van der Waals surface area contributed by atoms with E-state index in [1.54, 1.807) is 53.7 Å². The minimum atomic E-state index is -0.650. The van der Waals surface area contributed by atoms with E-state index in [4.69, 9.17) is 0 Å². The van der Waals surface area contributed by atoms with Crippen molar-refractivity contribution in [2.45, 2.75) is 19.9 Å². The topological polar surface area (TPSA) is 73.7 Å². The number of ketones is 1. The lowest BCUT2D eigenvalue weighted by Crippen LogP contribution is -2.38. The molecule has 0 saturated carbocycles. The third-order valence-corrected chi connectivity index (χ3v) is 5.16. The highest BCUT2D eigenvalue weighted by Crippen LogP contribution is 2.38. The molecule has 2 heterocycles. The SMILES string of the molecule is CCN(CC)CCN1C(=O)C(=O)/C(=C(\O)c2ccccc2)C1c1ccncc1. The van der Waals surface area contributed by atoms with Crippen molar-refractivity contribution >= 4 is 17.4 Å². The van der Waals surface area contributed by atoms with E-state index in [1.165, 1.54) is 0 Å². The lowest BCUT2D eigenvalue weighted by atomic mass is 9.96. The number of carbonyl (C=O) groups excluding carboxylic acids is 2. The number of amides is 1. The number of Topliss-reactive ketones (excluding diaryl/α,β-unsaturated/α-hetero) is 1. The van der Waals surface area contributed by atoms with Crippen LogP contribution >= 0.6 is 0 Å². The average molecular weight is 379 g/mol. The zero-order chi connectivity index (χ0) is 20.1. The van der Waals surface area contributed by atoms with Gasteiger partial charge >= 0.3 is 0 Å². The second-order valence-electron chi connectivity index (χ2n) is 6.67. The van der Waals surface area contributed by atoms with Gasteiger partial charge in [-0.15, -0.1) is 0 Å². The van der Waals surface area contributed by atoms with E-state index in [0.29, 0.717) is 18.7 Å². The van der Waals surface area contributed by atoms with Crippen LogP contribution in [0.3, 0.4) is 0 Å². The number of aliphatic hydroxyl groups is 1. The number of hydrogen-bond acceptors (Lipinski definition) is 5. The fourth-order valence-corrected chi connectivity index (χ4v) is 3.54. The fourth-order valence-electron chi connectivity index (χ4n) is 3.54. The predicted octanol–water partition coefficient (Wildman–Crippen LogP) is 2.85. The summed E-state index contributed by atoms with van der Waals surface area (Å²) < 4.78 is 0. The molecule has 2 aromatic rings. The first-order chi connectivity index (χ1) is 13.6. The summed E-state index contributed by atoms with van der Waals surface area (Å²) in [5, 5.41) is 10.9. The molecule has 0 radical (unpaired) electrons. The number of aromatic nitrogens is 1. The molecule has 6 nitrogen and oxygen atoms in total. The number of hydrogen-bond donors (Lipinski definition) is 1. The highest BCUT2D eigenvalue weighted by atomic mass is 16.3. The quantitative estimate of drug-likeness (QED) is 0.455.